The van der Waals surface area contributed by atoms with E-state index in [0.717, 1.165) is 0 Å². The van der Waals surface area contributed by atoms with Gasteiger partial charge < -0.3 is 0 Å². The zero-order valence-corrected chi connectivity index (χ0v) is 8.83. The van der Waals surface area contributed by atoms with E-state index in [1.54, 1.807) is 24.5 Å². The van der Waals surface area contributed by atoms with Crippen LogP contribution in [0.4, 0.5) is 0 Å². The van der Waals surface area contributed by atoms with Gasteiger partial charge in [0.15, 0.2) is 0 Å². The molecule has 0 amide bonds. The van der Waals surface area contributed by atoms with Crippen LogP contribution in [-0.2, 0) is 0 Å². The highest BCUT2D eigenvalue weighted by molar-refractivity contribution is 7.13. The highest BCUT2D eigenvalue weighted by Crippen LogP contribution is 2.10. The van der Waals surface area contributed by atoms with Gasteiger partial charge in [-0.25, -0.2) is 0 Å². The van der Waals surface area contributed by atoms with Gasteiger partial charge in [-0.15, -0.1) is 11.3 Å². The van der Waals surface area contributed by atoms with Gasteiger partial charge in [-0.05, 0) is 35.2 Å². The van der Waals surface area contributed by atoms with Crippen LogP contribution in [0.25, 0.3) is 0 Å². The highest BCUT2D eigenvalue weighted by Gasteiger charge is 1.98. The number of aromatic nitrogens is 1. The largest absolute Gasteiger partial charge is 0.275 e. The molecule has 0 saturated heterocycles. The normalized spacial score (nSPS) is 8.64. The molecule has 0 N–H and O–H groups in total. The fourth-order valence-corrected chi connectivity index (χ4v) is 1.45. The summed E-state index contributed by atoms with van der Waals surface area (Å²) in [6, 6.07) is 9.20. The Labute approximate surface area is 91.2 Å². The summed E-state index contributed by atoms with van der Waals surface area (Å²) in [5, 5.41) is 1.44. The van der Waals surface area contributed by atoms with E-state index >= 15 is 0 Å². The van der Waals surface area contributed by atoms with Crippen LogP contribution in [0.5, 0.6) is 0 Å². The second-order valence-electron chi connectivity index (χ2n) is 2.28. The number of halogens is 1. The third-order valence-corrected chi connectivity index (χ3v) is 2.47. The number of hydrogen-bond acceptors (Lipinski definition) is 3. The Balaban J connectivity index is 0.000000146. The molecule has 0 bridgehead atoms. The SMILES string of the molecule is O=C(Cl)c1cccs1.c1ccncc1. The molecule has 2 aromatic rings. The predicted octanol–water partition coefficient (Wildman–Crippen LogP) is 3.21. The second kappa shape index (κ2) is 6.29. The van der Waals surface area contributed by atoms with Crippen molar-refractivity contribution in [2.45, 2.75) is 0 Å². The molecular formula is C10H8ClNOS. The molecule has 0 aliphatic rings. The standard InChI is InChI=1S/C5H3ClOS.C5H5N/c6-5(7)4-2-1-3-8-4;1-2-4-6-5-3-1/h1-3H;1-5H. The lowest BCUT2D eigenvalue weighted by Crippen LogP contribution is -1.78. The van der Waals surface area contributed by atoms with Crippen LogP contribution in [-0.4, -0.2) is 10.2 Å². The first kappa shape index (κ1) is 10.9. The first-order chi connectivity index (χ1) is 6.80. The molecule has 2 aromatic heterocycles. The maximum Gasteiger partial charge on any atom is 0.262 e. The monoisotopic (exact) mass is 225 g/mol. The molecule has 0 aromatic carbocycles. The third-order valence-electron chi connectivity index (χ3n) is 1.28. The lowest BCUT2D eigenvalue weighted by Gasteiger charge is -1.76. The van der Waals surface area contributed by atoms with Crippen LogP contribution in [0.1, 0.15) is 9.67 Å². The third kappa shape index (κ3) is 4.16. The number of rotatable bonds is 1. The maximum atomic E-state index is 10.3. The summed E-state index contributed by atoms with van der Waals surface area (Å²) in [6.07, 6.45) is 3.50. The molecule has 0 unspecified atom stereocenters. The van der Waals surface area contributed by atoms with Gasteiger partial charge in [0.05, 0.1) is 4.88 Å². The fourth-order valence-electron chi connectivity index (χ4n) is 0.703. The minimum Gasteiger partial charge on any atom is -0.275 e. The van der Waals surface area contributed by atoms with Gasteiger partial charge in [0.2, 0.25) is 0 Å². The van der Waals surface area contributed by atoms with Crippen LogP contribution in [0, 0.1) is 0 Å². The second-order valence-corrected chi connectivity index (χ2v) is 3.57. The zero-order valence-electron chi connectivity index (χ0n) is 7.26. The Morgan fingerprint density at radius 2 is 1.93 bits per heavy atom. The number of thiophene rings is 1. The van der Waals surface area contributed by atoms with Crippen molar-refractivity contribution in [1.29, 1.82) is 0 Å². The molecule has 0 radical (unpaired) electrons. The van der Waals surface area contributed by atoms with E-state index in [2.05, 4.69) is 4.98 Å². The van der Waals surface area contributed by atoms with Crippen molar-refractivity contribution in [3.05, 3.63) is 53.0 Å². The molecule has 0 saturated carbocycles. The van der Waals surface area contributed by atoms with Gasteiger partial charge in [0.1, 0.15) is 0 Å². The quantitative estimate of drug-likeness (QED) is 0.698. The maximum absolute atomic E-state index is 10.3. The molecule has 2 heterocycles. The molecular weight excluding hydrogens is 218 g/mol. The van der Waals surface area contributed by atoms with E-state index < -0.39 is 0 Å². The Kier molecular flexibility index (Phi) is 4.89. The molecule has 2 nitrogen and oxygen atoms in total. The lowest BCUT2D eigenvalue weighted by molar-refractivity contribution is 0.108. The summed E-state index contributed by atoms with van der Waals surface area (Å²) in [7, 11) is 0. The van der Waals surface area contributed by atoms with E-state index in [0.29, 0.717) is 4.88 Å². The molecule has 0 spiro atoms. The van der Waals surface area contributed by atoms with Gasteiger partial charge in [0, 0.05) is 12.4 Å². The number of nitrogens with zero attached hydrogens (tertiary/aromatic N) is 1. The number of carbonyl (C=O) groups is 1. The summed E-state index contributed by atoms with van der Waals surface area (Å²) < 4.78 is 0. The van der Waals surface area contributed by atoms with E-state index in [9.17, 15) is 4.79 Å². The molecule has 0 fully saturated rings. The molecule has 72 valence electrons. The Morgan fingerprint density at radius 1 is 1.21 bits per heavy atom. The lowest BCUT2D eigenvalue weighted by atomic mass is 10.5. The van der Waals surface area contributed by atoms with Crippen LogP contribution in [0.2, 0.25) is 0 Å². The minimum atomic E-state index is -0.375. The van der Waals surface area contributed by atoms with E-state index in [1.807, 2.05) is 23.6 Å². The zero-order chi connectivity index (χ0) is 10.2. The molecule has 0 aliphatic heterocycles. The van der Waals surface area contributed by atoms with Crippen LogP contribution in [0.3, 0.4) is 0 Å². The number of pyridine rings is 1. The average Bonchev–Trinajstić information content (AvgIpc) is 2.74. The summed E-state index contributed by atoms with van der Waals surface area (Å²) in [6.45, 7) is 0. The van der Waals surface area contributed by atoms with Crippen molar-refractivity contribution in [3.63, 3.8) is 0 Å². The molecule has 14 heavy (non-hydrogen) atoms. The first-order valence-electron chi connectivity index (χ1n) is 3.89. The molecule has 0 atom stereocenters. The summed E-state index contributed by atoms with van der Waals surface area (Å²) in [5.41, 5.74) is 0. The van der Waals surface area contributed by atoms with Gasteiger partial charge in [0.25, 0.3) is 5.24 Å². The van der Waals surface area contributed by atoms with E-state index in [4.69, 9.17) is 11.6 Å². The average molecular weight is 226 g/mol. The van der Waals surface area contributed by atoms with Crippen LogP contribution >= 0.6 is 22.9 Å². The number of hydrogen-bond donors (Lipinski definition) is 0. The van der Waals surface area contributed by atoms with Gasteiger partial charge in [-0.3, -0.25) is 9.78 Å². The van der Waals surface area contributed by atoms with Crippen LogP contribution < -0.4 is 0 Å². The molecule has 2 rings (SSSR count). The summed E-state index contributed by atoms with van der Waals surface area (Å²) in [4.78, 5) is 14.7. The fraction of sp³-hybridized carbons (Fsp3) is 0. The molecule has 0 aliphatic carbocycles. The molecule has 4 heteroatoms. The Bertz CT molecular complexity index is 334. The van der Waals surface area contributed by atoms with Crippen molar-refractivity contribution >= 4 is 28.2 Å². The van der Waals surface area contributed by atoms with Gasteiger partial charge in [-0.2, -0.15) is 0 Å². The summed E-state index contributed by atoms with van der Waals surface area (Å²) >= 11 is 6.47. The minimum absolute atomic E-state index is 0.375. The van der Waals surface area contributed by atoms with Crippen molar-refractivity contribution in [2.24, 2.45) is 0 Å². The van der Waals surface area contributed by atoms with E-state index in [-0.39, 0.29) is 5.24 Å². The predicted molar refractivity (Wildman–Crippen MR) is 58.7 cm³/mol. The Morgan fingerprint density at radius 3 is 2.14 bits per heavy atom. The topological polar surface area (TPSA) is 30.0 Å². The number of carbonyl (C=O) groups excluding carboxylic acids is 1. The smallest absolute Gasteiger partial charge is 0.262 e. The van der Waals surface area contributed by atoms with Crippen molar-refractivity contribution in [1.82, 2.24) is 4.98 Å². The van der Waals surface area contributed by atoms with Gasteiger partial charge >= 0.3 is 0 Å². The highest BCUT2D eigenvalue weighted by atomic mass is 35.5. The van der Waals surface area contributed by atoms with Gasteiger partial charge in [-0.1, -0.05) is 12.1 Å². The Hall–Kier alpha value is -1.19. The van der Waals surface area contributed by atoms with Crippen molar-refractivity contribution in [3.8, 4) is 0 Å². The van der Waals surface area contributed by atoms with Crippen molar-refractivity contribution in [2.75, 3.05) is 0 Å². The van der Waals surface area contributed by atoms with Crippen LogP contribution in [0.15, 0.2) is 48.1 Å². The van der Waals surface area contributed by atoms with E-state index in [1.165, 1.54) is 11.3 Å². The first-order valence-corrected chi connectivity index (χ1v) is 5.15. The summed E-state index contributed by atoms with van der Waals surface area (Å²) in [5.74, 6) is 0. The van der Waals surface area contributed by atoms with Crippen molar-refractivity contribution < 1.29 is 4.79 Å².